The normalized spacial score (nSPS) is 23.5. The van der Waals surface area contributed by atoms with Crippen LogP contribution in [0.15, 0.2) is 27.7 Å². The fourth-order valence-electron chi connectivity index (χ4n) is 2.36. The minimum atomic E-state index is -0.528. The second-order valence-electron chi connectivity index (χ2n) is 4.26. The summed E-state index contributed by atoms with van der Waals surface area (Å²) in [6, 6.07) is 5.88. The van der Waals surface area contributed by atoms with Gasteiger partial charge in [-0.25, -0.2) is 4.99 Å². The Morgan fingerprint density at radius 1 is 1.38 bits per heavy atom. The van der Waals surface area contributed by atoms with Gasteiger partial charge in [0.15, 0.2) is 6.23 Å². The van der Waals surface area contributed by atoms with Crippen molar-refractivity contribution in [2.24, 2.45) is 4.99 Å². The number of fused-ring (bicyclic) bond motifs is 2. The fourth-order valence-corrected chi connectivity index (χ4v) is 2.74. The van der Waals surface area contributed by atoms with Crippen LogP contribution in [0.25, 0.3) is 0 Å². The highest BCUT2D eigenvalue weighted by Gasteiger charge is 2.29. The highest BCUT2D eigenvalue weighted by Crippen LogP contribution is 2.37. The molecule has 1 aromatic rings. The first-order chi connectivity index (χ1) is 7.75. The Hall–Kier alpha value is -0.870. The van der Waals surface area contributed by atoms with Gasteiger partial charge >= 0.3 is 0 Å². The Kier molecular flexibility index (Phi) is 2.48. The van der Waals surface area contributed by atoms with Gasteiger partial charge < -0.3 is 10.0 Å². The number of hydrogen-bond donors (Lipinski definition) is 1. The van der Waals surface area contributed by atoms with Gasteiger partial charge in [0.1, 0.15) is 5.84 Å². The van der Waals surface area contributed by atoms with Crippen LogP contribution in [0, 0.1) is 0 Å². The molecule has 3 rings (SSSR count). The van der Waals surface area contributed by atoms with Crippen molar-refractivity contribution in [2.45, 2.75) is 25.5 Å². The predicted octanol–water partition coefficient (Wildman–Crippen LogP) is 2.97. The van der Waals surface area contributed by atoms with Gasteiger partial charge in [0.25, 0.3) is 0 Å². The Morgan fingerprint density at radius 2 is 2.25 bits per heavy atom. The molecule has 3 nitrogen and oxygen atoms in total. The average molecular weight is 281 g/mol. The highest BCUT2D eigenvalue weighted by molar-refractivity contribution is 9.10. The Labute approximate surface area is 103 Å². The van der Waals surface area contributed by atoms with Gasteiger partial charge in [-0.2, -0.15) is 0 Å². The second kappa shape index (κ2) is 3.86. The summed E-state index contributed by atoms with van der Waals surface area (Å²) in [6.45, 7) is 0.909. The third-order valence-corrected chi connectivity index (χ3v) is 3.69. The number of aliphatic hydroxyl groups excluding tert-OH is 1. The first-order valence-electron chi connectivity index (χ1n) is 5.57. The van der Waals surface area contributed by atoms with E-state index in [1.54, 1.807) is 0 Å². The maximum absolute atomic E-state index is 10.3. The van der Waals surface area contributed by atoms with Gasteiger partial charge in [0.2, 0.25) is 0 Å². The molecule has 1 fully saturated rings. The van der Waals surface area contributed by atoms with E-state index in [-0.39, 0.29) is 0 Å². The van der Waals surface area contributed by atoms with E-state index in [0.717, 1.165) is 40.9 Å². The summed E-state index contributed by atoms with van der Waals surface area (Å²) in [5, 5.41) is 10.3. The number of halogens is 1. The smallest absolute Gasteiger partial charge is 0.156 e. The topological polar surface area (TPSA) is 35.8 Å². The molecule has 2 heterocycles. The molecule has 16 heavy (non-hydrogen) atoms. The minimum Gasteiger partial charge on any atom is -0.369 e. The number of amidine groups is 1. The van der Waals surface area contributed by atoms with Crippen LogP contribution in [0.4, 0.5) is 5.69 Å². The van der Waals surface area contributed by atoms with Crippen LogP contribution in [0.1, 0.15) is 31.1 Å². The number of rotatable bonds is 0. The van der Waals surface area contributed by atoms with E-state index >= 15 is 0 Å². The summed E-state index contributed by atoms with van der Waals surface area (Å²) >= 11 is 3.43. The molecule has 2 aliphatic rings. The van der Waals surface area contributed by atoms with Gasteiger partial charge in [-0.15, -0.1) is 0 Å². The third kappa shape index (κ3) is 1.57. The van der Waals surface area contributed by atoms with E-state index in [9.17, 15) is 5.11 Å². The van der Waals surface area contributed by atoms with E-state index in [1.165, 1.54) is 6.42 Å². The number of aliphatic imine (C=N–C) groups is 1. The number of nitrogens with zero attached hydrogens (tertiary/aromatic N) is 2. The standard InChI is InChI=1S/C12H13BrN2O/c13-8-4-5-10-9(7-8)12(16)15-6-2-1-3-11(15)14-10/h4-5,7,12,16H,1-3,6H2. The van der Waals surface area contributed by atoms with Crippen LogP contribution in [0.2, 0.25) is 0 Å². The monoisotopic (exact) mass is 280 g/mol. The van der Waals surface area contributed by atoms with Crippen LogP contribution < -0.4 is 0 Å². The number of piperidine rings is 1. The lowest BCUT2D eigenvalue weighted by Crippen LogP contribution is -2.40. The predicted molar refractivity (Wildman–Crippen MR) is 66.8 cm³/mol. The molecule has 1 unspecified atom stereocenters. The second-order valence-corrected chi connectivity index (χ2v) is 5.17. The number of hydrogen-bond acceptors (Lipinski definition) is 3. The molecule has 1 saturated heterocycles. The summed E-state index contributed by atoms with van der Waals surface area (Å²) in [5.74, 6) is 1.04. The highest BCUT2D eigenvalue weighted by atomic mass is 79.9. The molecular weight excluding hydrogens is 268 g/mol. The maximum Gasteiger partial charge on any atom is 0.156 e. The van der Waals surface area contributed by atoms with Crippen molar-refractivity contribution in [1.29, 1.82) is 0 Å². The molecular formula is C12H13BrN2O. The van der Waals surface area contributed by atoms with Crippen LogP contribution >= 0.6 is 15.9 Å². The first kappa shape index (κ1) is 10.3. The molecule has 1 N–H and O–H groups in total. The summed E-state index contributed by atoms with van der Waals surface area (Å²) < 4.78 is 0.987. The van der Waals surface area contributed by atoms with E-state index in [2.05, 4.69) is 20.9 Å². The fraction of sp³-hybridized carbons (Fsp3) is 0.417. The number of benzene rings is 1. The van der Waals surface area contributed by atoms with Crippen molar-refractivity contribution in [3.05, 3.63) is 28.2 Å². The van der Waals surface area contributed by atoms with E-state index in [0.29, 0.717) is 0 Å². The van der Waals surface area contributed by atoms with Crippen molar-refractivity contribution >= 4 is 27.5 Å². The largest absolute Gasteiger partial charge is 0.369 e. The molecule has 0 radical (unpaired) electrons. The average Bonchev–Trinajstić information content (AvgIpc) is 2.31. The summed E-state index contributed by atoms with van der Waals surface area (Å²) in [7, 11) is 0. The number of aliphatic hydroxyl groups is 1. The van der Waals surface area contributed by atoms with Crippen LogP contribution in [-0.4, -0.2) is 22.4 Å². The van der Waals surface area contributed by atoms with Crippen molar-refractivity contribution < 1.29 is 5.11 Å². The molecule has 0 aromatic heterocycles. The van der Waals surface area contributed by atoms with Crippen LogP contribution in [0.5, 0.6) is 0 Å². The lowest BCUT2D eigenvalue weighted by molar-refractivity contribution is 0.0430. The zero-order chi connectivity index (χ0) is 11.1. The Balaban J connectivity index is 2.10. The summed E-state index contributed by atoms with van der Waals surface area (Å²) in [5.41, 5.74) is 1.81. The van der Waals surface area contributed by atoms with E-state index in [4.69, 9.17) is 0 Å². The molecule has 0 amide bonds. The molecule has 84 valence electrons. The first-order valence-corrected chi connectivity index (χ1v) is 6.37. The molecule has 2 aliphatic heterocycles. The summed E-state index contributed by atoms with van der Waals surface area (Å²) in [4.78, 5) is 6.63. The molecule has 0 bridgehead atoms. The lowest BCUT2D eigenvalue weighted by Gasteiger charge is -2.38. The van der Waals surface area contributed by atoms with Gasteiger partial charge in [0.05, 0.1) is 5.69 Å². The Morgan fingerprint density at radius 3 is 3.12 bits per heavy atom. The van der Waals surface area contributed by atoms with Crippen molar-refractivity contribution in [3.8, 4) is 0 Å². The minimum absolute atomic E-state index is 0.528. The van der Waals surface area contributed by atoms with Gasteiger partial charge in [0, 0.05) is 23.0 Å². The van der Waals surface area contributed by atoms with E-state index in [1.807, 2.05) is 23.1 Å². The van der Waals surface area contributed by atoms with Crippen LogP contribution in [-0.2, 0) is 0 Å². The Bertz CT molecular complexity index is 458. The third-order valence-electron chi connectivity index (χ3n) is 3.19. The zero-order valence-electron chi connectivity index (χ0n) is 8.86. The SMILES string of the molecule is OC1c2cc(Br)ccc2N=C2CCCCN21. The molecule has 0 spiro atoms. The molecule has 1 atom stereocenters. The maximum atomic E-state index is 10.3. The van der Waals surface area contributed by atoms with Crippen molar-refractivity contribution in [1.82, 2.24) is 4.90 Å². The van der Waals surface area contributed by atoms with Gasteiger partial charge in [-0.05, 0) is 31.0 Å². The summed E-state index contributed by atoms with van der Waals surface area (Å²) in [6.07, 6.45) is 2.76. The lowest BCUT2D eigenvalue weighted by atomic mass is 10.0. The van der Waals surface area contributed by atoms with Gasteiger partial charge in [-0.3, -0.25) is 0 Å². The molecule has 0 aliphatic carbocycles. The zero-order valence-corrected chi connectivity index (χ0v) is 10.4. The molecule has 4 heteroatoms. The molecule has 0 saturated carbocycles. The van der Waals surface area contributed by atoms with E-state index < -0.39 is 6.23 Å². The van der Waals surface area contributed by atoms with Crippen LogP contribution in [0.3, 0.4) is 0 Å². The quantitative estimate of drug-likeness (QED) is 0.793. The van der Waals surface area contributed by atoms with Crippen molar-refractivity contribution in [3.63, 3.8) is 0 Å². The molecule has 1 aromatic carbocycles. The van der Waals surface area contributed by atoms with Crippen molar-refractivity contribution in [2.75, 3.05) is 6.54 Å². The van der Waals surface area contributed by atoms with Gasteiger partial charge in [-0.1, -0.05) is 15.9 Å².